The SMILES string of the molecule is Cc1cc(CC2CCN(C(=O)Cc3c(C)n[nH]c3C)CC2)ccn1. The highest BCUT2D eigenvalue weighted by Crippen LogP contribution is 2.23. The lowest BCUT2D eigenvalue weighted by atomic mass is 9.90. The molecule has 1 amide bonds. The second kappa shape index (κ2) is 7.16. The van der Waals surface area contributed by atoms with Crippen molar-refractivity contribution in [3.63, 3.8) is 0 Å². The van der Waals surface area contributed by atoms with Gasteiger partial charge in [0.15, 0.2) is 0 Å². The molecule has 24 heavy (non-hydrogen) atoms. The van der Waals surface area contributed by atoms with Crippen LogP contribution in [0.3, 0.4) is 0 Å². The van der Waals surface area contributed by atoms with Crippen molar-refractivity contribution in [2.75, 3.05) is 13.1 Å². The molecule has 3 rings (SSSR count). The first kappa shape index (κ1) is 16.7. The van der Waals surface area contributed by atoms with Crippen LogP contribution in [0.1, 0.15) is 41.1 Å². The Morgan fingerprint density at radius 1 is 1.29 bits per heavy atom. The van der Waals surface area contributed by atoms with Gasteiger partial charge in [-0.1, -0.05) is 0 Å². The highest BCUT2D eigenvalue weighted by molar-refractivity contribution is 5.79. The molecular weight excluding hydrogens is 300 g/mol. The predicted molar refractivity (Wildman–Crippen MR) is 93.7 cm³/mol. The first-order chi connectivity index (χ1) is 11.5. The number of rotatable bonds is 4. The lowest BCUT2D eigenvalue weighted by molar-refractivity contribution is -0.131. The third-order valence-electron chi connectivity index (χ3n) is 5.06. The standard InChI is InChI=1S/C19H26N4O/c1-13-10-17(4-7-20-13)11-16-5-8-23(9-6-16)19(24)12-18-14(2)21-22-15(18)3/h4,7,10,16H,5-6,8-9,11-12H2,1-3H3,(H,21,22). The van der Waals surface area contributed by atoms with Crippen LogP contribution < -0.4 is 0 Å². The molecule has 2 aromatic rings. The van der Waals surface area contributed by atoms with Crippen LogP contribution in [0.15, 0.2) is 18.3 Å². The summed E-state index contributed by atoms with van der Waals surface area (Å²) in [5.74, 6) is 0.883. The van der Waals surface area contributed by atoms with Gasteiger partial charge in [0.1, 0.15) is 0 Å². The van der Waals surface area contributed by atoms with E-state index >= 15 is 0 Å². The zero-order valence-electron chi connectivity index (χ0n) is 14.8. The molecule has 1 saturated heterocycles. The van der Waals surface area contributed by atoms with E-state index in [0.29, 0.717) is 12.3 Å². The number of nitrogens with zero attached hydrogens (tertiary/aromatic N) is 3. The van der Waals surface area contributed by atoms with E-state index in [1.807, 2.05) is 31.9 Å². The maximum absolute atomic E-state index is 12.6. The van der Waals surface area contributed by atoms with Gasteiger partial charge in [-0.05, 0) is 63.6 Å². The van der Waals surface area contributed by atoms with Crippen molar-refractivity contribution in [2.24, 2.45) is 5.92 Å². The molecule has 0 bridgehead atoms. The van der Waals surface area contributed by atoms with Crippen molar-refractivity contribution in [1.29, 1.82) is 0 Å². The van der Waals surface area contributed by atoms with Gasteiger partial charge in [0, 0.05) is 36.2 Å². The van der Waals surface area contributed by atoms with Crippen LogP contribution in [0, 0.1) is 26.7 Å². The van der Waals surface area contributed by atoms with Crippen molar-refractivity contribution < 1.29 is 4.79 Å². The normalized spacial score (nSPS) is 15.7. The first-order valence-corrected chi connectivity index (χ1v) is 8.72. The number of H-pyrrole nitrogens is 1. The van der Waals surface area contributed by atoms with Gasteiger partial charge in [-0.15, -0.1) is 0 Å². The van der Waals surface area contributed by atoms with Gasteiger partial charge in [0.05, 0.1) is 12.1 Å². The second-order valence-corrected chi connectivity index (χ2v) is 6.92. The highest BCUT2D eigenvalue weighted by Gasteiger charge is 2.24. The molecule has 1 N–H and O–H groups in total. The van der Waals surface area contributed by atoms with Crippen LogP contribution in [0.2, 0.25) is 0 Å². The molecule has 3 heterocycles. The number of carbonyl (C=O) groups is 1. The summed E-state index contributed by atoms with van der Waals surface area (Å²) >= 11 is 0. The maximum Gasteiger partial charge on any atom is 0.227 e. The summed E-state index contributed by atoms with van der Waals surface area (Å²) in [5.41, 5.74) is 5.42. The smallest absolute Gasteiger partial charge is 0.227 e. The molecule has 1 aliphatic rings. The molecule has 0 unspecified atom stereocenters. The number of aryl methyl sites for hydroxylation is 3. The van der Waals surface area contributed by atoms with Crippen LogP contribution in [-0.2, 0) is 17.6 Å². The zero-order valence-corrected chi connectivity index (χ0v) is 14.8. The topological polar surface area (TPSA) is 61.9 Å². The van der Waals surface area contributed by atoms with E-state index in [9.17, 15) is 4.79 Å². The summed E-state index contributed by atoms with van der Waals surface area (Å²) in [4.78, 5) is 18.8. The van der Waals surface area contributed by atoms with Crippen molar-refractivity contribution in [3.8, 4) is 0 Å². The number of piperidine rings is 1. The minimum Gasteiger partial charge on any atom is -0.342 e. The van der Waals surface area contributed by atoms with E-state index in [1.54, 1.807) is 0 Å². The number of nitrogens with one attached hydrogen (secondary N) is 1. The second-order valence-electron chi connectivity index (χ2n) is 6.92. The van der Waals surface area contributed by atoms with Crippen LogP contribution >= 0.6 is 0 Å². The first-order valence-electron chi connectivity index (χ1n) is 8.72. The Kier molecular flexibility index (Phi) is 4.97. The molecule has 1 aliphatic heterocycles. The molecular formula is C19H26N4O. The molecule has 5 heteroatoms. The van der Waals surface area contributed by atoms with Crippen molar-refractivity contribution in [2.45, 2.75) is 46.5 Å². The molecule has 0 spiro atoms. The lowest BCUT2D eigenvalue weighted by Crippen LogP contribution is -2.39. The van der Waals surface area contributed by atoms with Gasteiger partial charge in [0.2, 0.25) is 5.91 Å². The van der Waals surface area contributed by atoms with Crippen LogP contribution in [-0.4, -0.2) is 39.1 Å². The Balaban J connectivity index is 1.52. The highest BCUT2D eigenvalue weighted by atomic mass is 16.2. The Hall–Kier alpha value is -2.17. The van der Waals surface area contributed by atoms with E-state index in [1.165, 1.54) is 5.56 Å². The Morgan fingerprint density at radius 3 is 2.67 bits per heavy atom. The minimum atomic E-state index is 0.223. The number of carbonyl (C=O) groups excluding carboxylic acids is 1. The van der Waals surface area contributed by atoms with Crippen LogP contribution in [0.5, 0.6) is 0 Å². The molecule has 0 aromatic carbocycles. The number of likely N-dealkylation sites (tertiary alicyclic amines) is 1. The minimum absolute atomic E-state index is 0.223. The fourth-order valence-corrected chi connectivity index (χ4v) is 3.55. The van der Waals surface area contributed by atoms with E-state index in [-0.39, 0.29) is 5.91 Å². The number of hydrogen-bond acceptors (Lipinski definition) is 3. The maximum atomic E-state index is 12.6. The van der Waals surface area contributed by atoms with Crippen molar-refractivity contribution in [1.82, 2.24) is 20.1 Å². The van der Waals surface area contributed by atoms with Crippen molar-refractivity contribution >= 4 is 5.91 Å². The quantitative estimate of drug-likeness (QED) is 0.940. The largest absolute Gasteiger partial charge is 0.342 e. The van der Waals surface area contributed by atoms with Crippen LogP contribution in [0.4, 0.5) is 0 Å². The number of aromatic nitrogens is 3. The summed E-state index contributed by atoms with van der Waals surface area (Å²) in [6.07, 6.45) is 5.60. The van der Waals surface area contributed by atoms with Crippen LogP contribution in [0.25, 0.3) is 0 Å². The van der Waals surface area contributed by atoms with Crippen molar-refractivity contribution in [3.05, 3.63) is 46.5 Å². The molecule has 0 aliphatic carbocycles. The van der Waals surface area contributed by atoms with Gasteiger partial charge in [-0.25, -0.2) is 0 Å². The fraction of sp³-hybridized carbons (Fsp3) is 0.526. The summed E-state index contributed by atoms with van der Waals surface area (Å²) < 4.78 is 0. The summed E-state index contributed by atoms with van der Waals surface area (Å²) in [7, 11) is 0. The molecule has 2 aromatic heterocycles. The number of hydrogen-bond donors (Lipinski definition) is 1. The third kappa shape index (κ3) is 3.83. The summed E-state index contributed by atoms with van der Waals surface area (Å²) in [6.45, 7) is 7.69. The molecule has 0 saturated carbocycles. The van der Waals surface area contributed by atoms with Gasteiger partial charge in [-0.3, -0.25) is 14.9 Å². The Labute approximate surface area is 143 Å². The number of amides is 1. The monoisotopic (exact) mass is 326 g/mol. The molecule has 0 radical (unpaired) electrons. The lowest BCUT2D eigenvalue weighted by Gasteiger charge is -2.32. The van der Waals surface area contributed by atoms with Gasteiger partial charge in [-0.2, -0.15) is 5.10 Å². The van der Waals surface area contributed by atoms with Gasteiger partial charge < -0.3 is 4.90 Å². The van der Waals surface area contributed by atoms with E-state index in [0.717, 1.165) is 55.0 Å². The Morgan fingerprint density at radius 2 is 2.04 bits per heavy atom. The van der Waals surface area contributed by atoms with E-state index < -0.39 is 0 Å². The third-order valence-corrected chi connectivity index (χ3v) is 5.06. The Bertz CT molecular complexity index is 694. The zero-order chi connectivity index (χ0) is 17.1. The molecule has 128 valence electrons. The average Bonchev–Trinajstić information content (AvgIpc) is 2.87. The van der Waals surface area contributed by atoms with Gasteiger partial charge >= 0.3 is 0 Å². The molecule has 5 nitrogen and oxygen atoms in total. The van der Waals surface area contributed by atoms with Gasteiger partial charge in [0.25, 0.3) is 0 Å². The number of pyridine rings is 1. The van der Waals surface area contributed by atoms with E-state index in [2.05, 4.69) is 27.3 Å². The molecule has 0 atom stereocenters. The van der Waals surface area contributed by atoms with E-state index in [4.69, 9.17) is 0 Å². The average molecular weight is 326 g/mol. The number of aromatic amines is 1. The predicted octanol–water partition coefficient (Wildman–Crippen LogP) is 2.75. The fourth-order valence-electron chi connectivity index (χ4n) is 3.55. The summed E-state index contributed by atoms with van der Waals surface area (Å²) in [5, 5.41) is 7.14. The summed E-state index contributed by atoms with van der Waals surface area (Å²) in [6, 6.07) is 4.27. The molecule has 1 fully saturated rings.